The Morgan fingerprint density at radius 1 is 1.15 bits per heavy atom. The van der Waals surface area contributed by atoms with E-state index in [9.17, 15) is 9.59 Å². The van der Waals surface area contributed by atoms with E-state index in [1.807, 2.05) is 30.3 Å². The number of benzene rings is 2. The smallest absolute Gasteiger partial charge is 0.259 e. The summed E-state index contributed by atoms with van der Waals surface area (Å²) >= 11 is 5.01. The summed E-state index contributed by atoms with van der Waals surface area (Å²) in [6.45, 7) is 1.38. The molecule has 6 nitrogen and oxygen atoms in total. The van der Waals surface area contributed by atoms with E-state index in [4.69, 9.17) is 17.0 Å². The molecule has 0 aliphatic heterocycles. The lowest BCUT2D eigenvalue weighted by molar-refractivity contribution is 0.0680. The zero-order chi connectivity index (χ0) is 18.5. The van der Waals surface area contributed by atoms with Crippen molar-refractivity contribution in [3.8, 4) is 0 Å². The first-order valence-electron chi connectivity index (χ1n) is 8.17. The van der Waals surface area contributed by atoms with Crippen molar-refractivity contribution in [1.29, 1.82) is 0 Å². The molecule has 0 radical (unpaired) electrons. The van der Waals surface area contributed by atoms with Crippen LogP contribution in [0.1, 0.15) is 15.9 Å². The van der Waals surface area contributed by atoms with Gasteiger partial charge in [0.15, 0.2) is 4.77 Å². The highest BCUT2D eigenvalue weighted by molar-refractivity contribution is 7.71. The molecule has 1 heterocycles. The fraction of sp³-hybridized carbons (Fsp3) is 0.211. The second-order valence-corrected chi connectivity index (χ2v) is 6.28. The highest BCUT2D eigenvalue weighted by Gasteiger charge is 2.17. The van der Waals surface area contributed by atoms with Gasteiger partial charge in [-0.1, -0.05) is 30.3 Å². The van der Waals surface area contributed by atoms with Crippen molar-refractivity contribution >= 4 is 29.0 Å². The number of amides is 1. The standard InChI is InChI=1S/C19H19N3O3S/c1-25-10-9-22(12-13-5-3-2-4-6-13)18(24)14-7-8-15-16(11-14)20-19(26)21-17(15)23/h2-8,11H,9-10,12H2,1H3,(H2,20,21,23,26). The Morgan fingerprint density at radius 3 is 2.65 bits per heavy atom. The molecule has 0 saturated heterocycles. The van der Waals surface area contributed by atoms with Gasteiger partial charge < -0.3 is 14.6 Å². The second kappa shape index (κ2) is 8.07. The number of nitrogens with zero attached hydrogens (tertiary/aromatic N) is 1. The van der Waals surface area contributed by atoms with E-state index in [1.54, 1.807) is 30.2 Å². The lowest BCUT2D eigenvalue weighted by Gasteiger charge is -2.23. The predicted octanol–water partition coefficient (Wildman–Crippen LogP) is 2.87. The van der Waals surface area contributed by atoms with Crippen LogP contribution in [0.5, 0.6) is 0 Å². The lowest BCUT2D eigenvalue weighted by Crippen LogP contribution is -2.33. The Balaban J connectivity index is 1.93. The molecule has 1 amide bonds. The average molecular weight is 369 g/mol. The largest absolute Gasteiger partial charge is 0.383 e. The molecule has 2 N–H and O–H groups in total. The van der Waals surface area contributed by atoms with Crippen LogP contribution in [0.3, 0.4) is 0 Å². The van der Waals surface area contributed by atoms with E-state index >= 15 is 0 Å². The number of carbonyl (C=O) groups excluding carboxylic acids is 1. The molecule has 0 aliphatic rings. The van der Waals surface area contributed by atoms with Gasteiger partial charge >= 0.3 is 0 Å². The van der Waals surface area contributed by atoms with E-state index < -0.39 is 0 Å². The summed E-state index contributed by atoms with van der Waals surface area (Å²) in [5, 5.41) is 0.460. The highest BCUT2D eigenvalue weighted by Crippen LogP contribution is 2.14. The molecular formula is C19H19N3O3S. The molecule has 1 aromatic heterocycles. The summed E-state index contributed by atoms with van der Waals surface area (Å²) in [6.07, 6.45) is 0. The minimum absolute atomic E-state index is 0.132. The van der Waals surface area contributed by atoms with Crippen molar-refractivity contribution in [1.82, 2.24) is 14.9 Å². The maximum atomic E-state index is 13.0. The number of fused-ring (bicyclic) bond motifs is 1. The lowest BCUT2D eigenvalue weighted by atomic mass is 10.1. The number of nitrogens with one attached hydrogen (secondary N) is 2. The van der Waals surface area contributed by atoms with Crippen molar-refractivity contribution in [2.24, 2.45) is 0 Å². The zero-order valence-electron chi connectivity index (χ0n) is 14.3. The summed E-state index contributed by atoms with van der Waals surface area (Å²) in [5.41, 5.74) is 1.79. The number of rotatable bonds is 6. The van der Waals surface area contributed by atoms with Crippen LogP contribution in [-0.4, -0.2) is 41.0 Å². The molecule has 26 heavy (non-hydrogen) atoms. The van der Waals surface area contributed by atoms with E-state index in [0.717, 1.165) is 5.56 Å². The minimum atomic E-state index is -0.275. The molecule has 3 rings (SSSR count). The number of hydrogen-bond donors (Lipinski definition) is 2. The number of aromatic nitrogens is 2. The molecule has 0 atom stereocenters. The van der Waals surface area contributed by atoms with Gasteiger partial charge in [0.05, 0.1) is 17.5 Å². The third-order valence-corrected chi connectivity index (χ3v) is 4.26. The van der Waals surface area contributed by atoms with Gasteiger partial charge in [-0.05, 0) is 36.0 Å². The number of H-pyrrole nitrogens is 2. The summed E-state index contributed by atoms with van der Waals surface area (Å²) in [5.74, 6) is -0.132. The van der Waals surface area contributed by atoms with Gasteiger partial charge in [0.25, 0.3) is 11.5 Å². The molecule has 0 bridgehead atoms. The molecule has 0 fully saturated rings. The molecular weight excluding hydrogens is 350 g/mol. The Labute approximate surface area is 155 Å². The Kier molecular flexibility index (Phi) is 5.60. The summed E-state index contributed by atoms with van der Waals surface area (Å²) < 4.78 is 5.37. The average Bonchev–Trinajstić information content (AvgIpc) is 2.64. The fourth-order valence-corrected chi connectivity index (χ4v) is 2.95. The van der Waals surface area contributed by atoms with Gasteiger partial charge in [0.2, 0.25) is 0 Å². The Bertz CT molecular complexity index is 1030. The summed E-state index contributed by atoms with van der Waals surface area (Å²) in [4.78, 5) is 32.1. The van der Waals surface area contributed by atoms with Crippen molar-refractivity contribution in [3.05, 3.63) is 74.8 Å². The number of carbonyl (C=O) groups is 1. The van der Waals surface area contributed by atoms with Crippen LogP contribution in [0.25, 0.3) is 10.9 Å². The molecule has 3 aromatic rings. The third-order valence-electron chi connectivity index (χ3n) is 4.06. The zero-order valence-corrected chi connectivity index (χ0v) is 15.1. The van der Waals surface area contributed by atoms with Crippen LogP contribution in [-0.2, 0) is 11.3 Å². The Morgan fingerprint density at radius 2 is 1.92 bits per heavy atom. The van der Waals surface area contributed by atoms with Crippen LogP contribution >= 0.6 is 12.2 Å². The van der Waals surface area contributed by atoms with Gasteiger partial charge in [-0.2, -0.15) is 0 Å². The predicted molar refractivity (Wildman–Crippen MR) is 103 cm³/mol. The van der Waals surface area contributed by atoms with E-state index in [0.29, 0.717) is 36.2 Å². The first-order valence-corrected chi connectivity index (χ1v) is 8.58. The number of methoxy groups -OCH3 is 1. The van der Waals surface area contributed by atoms with E-state index in [-0.39, 0.29) is 16.2 Å². The van der Waals surface area contributed by atoms with Gasteiger partial charge in [-0.25, -0.2) is 0 Å². The van der Waals surface area contributed by atoms with Crippen molar-refractivity contribution in [2.45, 2.75) is 6.54 Å². The molecule has 2 aromatic carbocycles. The quantitative estimate of drug-likeness (QED) is 0.655. The van der Waals surface area contributed by atoms with Gasteiger partial charge in [0, 0.05) is 25.8 Å². The maximum Gasteiger partial charge on any atom is 0.259 e. The fourth-order valence-electron chi connectivity index (χ4n) is 2.74. The topological polar surface area (TPSA) is 78.2 Å². The molecule has 0 unspecified atom stereocenters. The van der Waals surface area contributed by atoms with Gasteiger partial charge in [-0.3, -0.25) is 14.6 Å². The van der Waals surface area contributed by atoms with Crippen LogP contribution in [0, 0.1) is 4.77 Å². The molecule has 0 aliphatic carbocycles. The normalized spacial score (nSPS) is 10.8. The number of aromatic amines is 2. The van der Waals surface area contributed by atoms with Crippen LogP contribution in [0.2, 0.25) is 0 Å². The van der Waals surface area contributed by atoms with Crippen LogP contribution in [0.15, 0.2) is 53.3 Å². The maximum absolute atomic E-state index is 13.0. The summed E-state index contributed by atoms with van der Waals surface area (Å²) in [7, 11) is 1.60. The van der Waals surface area contributed by atoms with Gasteiger partial charge in [0.1, 0.15) is 0 Å². The molecule has 0 saturated carbocycles. The van der Waals surface area contributed by atoms with Crippen molar-refractivity contribution in [2.75, 3.05) is 20.3 Å². The summed E-state index contributed by atoms with van der Waals surface area (Å²) in [6, 6.07) is 14.7. The minimum Gasteiger partial charge on any atom is -0.383 e. The monoisotopic (exact) mass is 369 g/mol. The van der Waals surface area contributed by atoms with Crippen molar-refractivity contribution in [3.63, 3.8) is 0 Å². The number of ether oxygens (including phenoxy) is 1. The third kappa shape index (κ3) is 4.07. The molecule has 0 spiro atoms. The molecule has 7 heteroatoms. The van der Waals surface area contributed by atoms with E-state index in [1.165, 1.54) is 0 Å². The van der Waals surface area contributed by atoms with E-state index in [2.05, 4.69) is 9.97 Å². The second-order valence-electron chi connectivity index (χ2n) is 5.87. The van der Waals surface area contributed by atoms with Crippen LogP contribution < -0.4 is 5.56 Å². The van der Waals surface area contributed by atoms with Gasteiger partial charge in [-0.15, -0.1) is 0 Å². The Hall–Kier alpha value is -2.77. The van der Waals surface area contributed by atoms with Crippen LogP contribution in [0.4, 0.5) is 0 Å². The molecule has 134 valence electrons. The van der Waals surface area contributed by atoms with Crippen molar-refractivity contribution < 1.29 is 9.53 Å². The first-order chi connectivity index (χ1) is 12.6. The highest BCUT2D eigenvalue weighted by atomic mass is 32.1. The SMILES string of the molecule is COCCN(Cc1ccccc1)C(=O)c1ccc2c(=O)[nH]c(=S)[nH]c2c1. The number of hydrogen-bond acceptors (Lipinski definition) is 4. The first kappa shape index (κ1) is 18.0.